The molecule has 0 saturated heterocycles. The minimum atomic E-state index is 0.583. The van der Waals surface area contributed by atoms with Crippen molar-refractivity contribution < 1.29 is 0 Å². The monoisotopic (exact) mass is 715 g/mol. The average Bonchev–Trinajstić information content (AvgIpc) is 3.29. The van der Waals surface area contributed by atoms with Crippen molar-refractivity contribution in [3.05, 3.63) is 200 Å². The van der Waals surface area contributed by atoms with Gasteiger partial charge in [-0.1, -0.05) is 133 Å². The molecule has 0 radical (unpaired) electrons. The van der Waals surface area contributed by atoms with Gasteiger partial charge in [-0.2, -0.15) is 0 Å². The van der Waals surface area contributed by atoms with Gasteiger partial charge < -0.3 is 0 Å². The van der Waals surface area contributed by atoms with E-state index in [1.54, 1.807) is 0 Å². The van der Waals surface area contributed by atoms with Crippen LogP contribution >= 0.6 is 0 Å². The molecule has 0 aliphatic carbocycles. The molecule has 0 N–H and O–H groups in total. The van der Waals surface area contributed by atoms with Crippen LogP contribution in [0.15, 0.2) is 200 Å². The maximum Gasteiger partial charge on any atom is 0.164 e. The SMILES string of the molecule is c1ccc(-c2cccc(-c3nc(-c4cccc(-c5ccccc5)c4)nc(-c4cc(-c5ccnc6ccccc56)cc(-c5ccnc6ccccc56)c4)n3)c2)cc1. The molecule has 0 amide bonds. The van der Waals surface area contributed by atoms with Gasteiger partial charge in [0, 0.05) is 39.9 Å². The number of nitrogens with zero attached hydrogens (tertiary/aromatic N) is 5. The van der Waals surface area contributed by atoms with Gasteiger partial charge in [0.15, 0.2) is 17.5 Å². The van der Waals surface area contributed by atoms with Gasteiger partial charge in [0.05, 0.1) is 11.0 Å². The molecule has 0 aliphatic heterocycles. The molecule has 7 aromatic carbocycles. The van der Waals surface area contributed by atoms with E-state index in [9.17, 15) is 0 Å². The van der Waals surface area contributed by atoms with Gasteiger partial charge in [-0.15, -0.1) is 0 Å². The van der Waals surface area contributed by atoms with Crippen LogP contribution in [0.4, 0.5) is 0 Å². The zero-order valence-electron chi connectivity index (χ0n) is 30.3. The van der Waals surface area contributed by atoms with Gasteiger partial charge in [0.1, 0.15) is 0 Å². The standard InChI is InChI=1S/C51H33N5/c1-3-13-34(14-4-1)36-17-11-19-38(29-36)49-54-50(39-20-12-18-37(30-39)35-15-5-2-6-16-35)56-51(55-49)42-32-40(43-25-27-52-47-23-9-7-21-45(43)47)31-41(33-42)44-26-28-53-48-24-10-8-22-46(44)48/h1-33H. The second-order valence-corrected chi connectivity index (χ2v) is 13.8. The summed E-state index contributed by atoms with van der Waals surface area (Å²) in [7, 11) is 0. The Morgan fingerprint density at radius 3 is 1.09 bits per heavy atom. The fourth-order valence-electron chi connectivity index (χ4n) is 7.46. The number of para-hydroxylation sites is 2. The molecule has 262 valence electrons. The van der Waals surface area contributed by atoms with E-state index in [-0.39, 0.29) is 0 Å². The van der Waals surface area contributed by atoms with Crippen LogP contribution in [-0.4, -0.2) is 24.9 Å². The second kappa shape index (κ2) is 14.3. The maximum absolute atomic E-state index is 5.26. The molecule has 0 atom stereocenters. The van der Waals surface area contributed by atoms with Crippen molar-refractivity contribution in [3.8, 4) is 78.7 Å². The van der Waals surface area contributed by atoms with Gasteiger partial charge in [0.2, 0.25) is 0 Å². The Kier molecular flexibility index (Phi) is 8.43. The van der Waals surface area contributed by atoms with Gasteiger partial charge in [-0.05, 0) is 99.1 Å². The lowest BCUT2D eigenvalue weighted by Gasteiger charge is -2.15. The van der Waals surface area contributed by atoms with Gasteiger partial charge in [-0.25, -0.2) is 15.0 Å². The molecule has 0 fully saturated rings. The Bertz CT molecular complexity index is 2820. The number of fused-ring (bicyclic) bond motifs is 2. The third-order valence-electron chi connectivity index (χ3n) is 10.2. The number of hydrogen-bond acceptors (Lipinski definition) is 5. The summed E-state index contributed by atoms with van der Waals surface area (Å²) in [5.74, 6) is 1.78. The van der Waals surface area contributed by atoms with Crippen LogP contribution in [0.5, 0.6) is 0 Å². The van der Waals surface area contributed by atoms with Crippen molar-refractivity contribution in [2.24, 2.45) is 0 Å². The Labute approximate surface area is 324 Å². The first kappa shape index (κ1) is 33.0. The van der Waals surface area contributed by atoms with Gasteiger partial charge in [-0.3, -0.25) is 9.97 Å². The summed E-state index contributed by atoms with van der Waals surface area (Å²) >= 11 is 0. The van der Waals surface area contributed by atoms with E-state index in [1.807, 2.05) is 36.7 Å². The fourth-order valence-corrected chi connectivity index (χ4v) is 7.46. The van der Waals surface area contributed by atoms with E-state index in [0.29, 0.717) is 17.5 Å². The quantitative estimate of drug-likeness (QED) is 0.164. The molecule has 56 heavy (non-hydrogen) atoms. The minimum Gasteiger partial charge on any atom is -0.256 e. The van der Waals surface area contributed by atoms with E-state index >= 15 is 0 Å². The topological polar surface area (TPSA) is 64.5 Å². The minimum absolute atomic E-state index is 0.583. The molecule has 10 rings (SSSR count). The summed E-state index contributed by atoms with van der Waals surface area (Å²) in [4.78, 5) is 25.1. The van der Waals surface area contributed by atoms with Crippen LogP contribution in [-0.2, 0) is 0 Å². The molecule has 5 heteroatoms. The van der Waals surface area contributed by atoms with Crippen LogP contribution in [0, 0.1) is 0 Å². The number of pyridine rings is 2. The lowest BCUT2D eigenvalue weighted by molar-refractivity contribution is 1.07. The average molecular weight is 716 g/mol. The molecule has 0 aliphatic rings. The van der Waals surface area contributed by atoms with Crippen LogP contribution in [0.3, 0.4) is 0 Å². The van der Waals surface area contributed by atoms with Crippen molar-refractivity contribution in [3.63, 3.8) is 0 Å². The summed E-state index contributed by atoms with van der Waals surface area (Å²) in [6, 6.07) is 65.0. The Morgan fingerprint density at radius 2 is 0.607 bits per heavy atom. The molecular weight excluding hydrogens is 683 g/mol. The van der Waals surface area contributed by atoms with Crippen molar-refractivity contribution in [1.29, 1.82) is 0 Å². The third-order valence-corrected chi connectivity index (χ3v) is 10.2. The van der Waals surface area contributed by atoms with Crippen LogP contribution in [0.25, 0.3) is 100 Å². The molecule has 5 nitrogen and oxygen atoms in total. The Hall–Kier alpha value is -7.63. The van der Waals surface area contributed by atoms with E-state index < -0.39 is 0 Å². The zero-order chi connectivity index (χ0) is 37.3. The van der Waals surface area contributed by atoms with E-state index in [1.165, 1.54) is 0 Å². The van der Waals surface area contributed by atoms with E-state index in [4.69, 9.17) is 15.0 Å². The first-order chi connectivity index (χ1) is 27.7. The van der Waals surface area contributed by atoms with Crippen LogP contribution < -0.4 is 0 Å². The number of hydrogen-bond donors (Lipinski definition) is 0. The van der Waals surface area contributed by atoms with E-state index in [0.717, 1.165) is 83.0 Å². The van der Waals surface area contributed by atoms with Crippen molar-refractivity contribution >= 4 is 21.8 Å². The third kappa shape index (κ3) is 6.37. The predicted molar refractivity (Wildman–Crippen MR) is 228 cm³/mol. The summed E-state index contributed by atoms with van der Waals surface area (Å²) in [5, 5.41) is 2.15. The molecule has 0 saturated carbocycles. The van der Waals surface area contributed by atoms with Gasteiger partial charge >= 0.3 is 0 Å². The smallest absolute Gasteiger partial charge is 0.164 e. The van der Waals surface area contributed by atoms with Gasteiger partial charge in [0.25, 0.3) is 0 Å². The summed E-state index contributed by atoms with van der Waals surface area (Å²) < 4.78 is 0. The highest BCUT2D eigenvalue weighted by atomic mass is 15.0. The lowest BCUT2D eigenvalue weighted by atomic mass is 9.93. The molecule has 3 heterocycles. The first-order valence-electron chi connectivity index (χ1n) is 18.7. The van der Waals surface area contributed by atoms with Crippen LogP contribution in [0.2, 0.25) is 0 Å². The summed E-state index contributed by atoms with van der Waals surface area (Å²) in [6.07, 6.45) is 3.76. The summed E-state index contributed by atoms with van der Waals surface area (Å²) in [5.41, 5.74) is 13.3. The van der Waals surface area contributed by atoms with Crippen molar-refractivity contribution in [2.45, 2.75) is 0 Å². The molecule has 0 spiro atoms. The second-order valence-electron chi connectivity index (χ2n) is 13.8. The summed E-state index contributed by atoms with van der Waals surface area (Å²) in [6.45, 7) is 0. The lowest BCUT2D eigenvalue weighted by Crippen LogP contribution is -2.01. The molecular formula is C51H33N5. The Morgan fingerprint density at radius 1 is 0.250 bits per heavy atom. The van der Waals surface area contributed by atoms with E-state index in [2.05, 4.69) is 174 Å². The van der Waals surface area contributed by atoms with Crippen molar-refractivity contribution in [2.75, 3.05) is 0 Å². The number of benzene rings is 7. The first-order valence-corrected chi connectivity index (χ1v) is 18.7. The zero-order valence-corrected chi connectivity index (χ0v) is 30.3. The highest BCUT2D eigenvalue weighted by Crippen LogP contribution is 2.38. The predicted octanol–water partition coefficient (Wildman–Crippen LogP) is 12.6. The number of rotatable bonds is 7. The van der Waals surface area contributed by atoms with Crippen LogP contribution in [0.1, 0.15) is 0 Å². The number of aromatic nitrogens is 5. The highest BCUT2D eigenvalue weighted by molar-refractivity contribution is 5.99. The molecule has 0 unspecified atom stereocenters. The molecule has 3 aromatic heterocycles. The van der Waals surface area contributed by atoms with Crippen molar-refractivity contribution in [1.82, 2.24) is 24.9 Å². The molecule has 10 aromatic rings. The fraction of sp³-hybridized carbons (Fsp3) is 0. The normalized spacial score (nSPS) is 11.2. The largest absolute Gasteiger partial charge is 0.256 e. The highest BCUT2D eigenvalue weighted by Gasteiger charge is 2.17. The maximum atomic E-state index is 5.26. The molecule has 0 bridgehead atoms. The Balaban J connectivity index is 1.22.